The molecule has 0 aliphatic heterocycles. The first-order chi connectivity index (χ1) is 11.7. The van der Waals surface area contributed by atoms with Crippen LogP contribution in [0.25, 0.3) is 0 Å². The first kappa shape index (κ1) is 21.6. The Balaban J connectivity index is 2.23. The SMILES string of the molecule is CC(=O)NCCCS(=O)(=O)OCC(C)(C)CCOCc1ccccc1. The second kappa shape index (κ2) is 10.5. The molecular formula is C18H29NO5S. The van der Waals surface area contributed by atoms with Gasteiger partial charge in [-0.2, -0.15) is 8.42 Å². The summed E-state index contributed by atoms with van der Waals surface area (Å²) >= 11 is 0. The summed E-state index contributed by atoms with van der Waals surface area (Å²) in [6.07, 6.45) is 1.03. The van der Waals surface area contributed by atoms with E-state index in [-0.39, 0.29) is 23.7 Å². The lowest BCUT2D eigenvalue weighted by molar-refractivity contribution is -0.118. The highest BCUT2D eigenvalue weighted by molar-refractivity contribution is 7.86. The largest absolute Gasteiger partial charge is 0.377 e. The summed E-state index contributed by atoms with van der Waals surface area (Å²) in [5, 5.41) is 2.56. The van der Waals surface area contributed by atoms with Gasteiger partial charge in [0, 0.05) is 20.1 Å². The zero-order valence-corrected chi connectivity index (χ0v) is 16.1. The predicted molar refractivity (Wildman–Crippen MR) is 97.5 cm³/mol. The molecule has 0 bridgehead atoms. The Morgan fingerprint density at radius 3 is 2.52 bits per heavy atom. The monoisotopic (exact) mass is 371 g/mol. The Morgan fingerprint density at radius 2 is 1.88 bits per heavy atom. The fraction of sp³-hybridized carbons (Fsp3) is 0.611. The van der Waals surface area contributed by atoms with Crippen molar-refractivity contribution >= 4 is 16.0 Å². The maximum absolute atomic E-state index is 11.9. The second-order valence-electron chi connectivity index (χ2n) is 6.81. The normalized spacial score (nSPS) is 12.1. The summed E-state index contributed by atoms with van der Waals surface area (Å²) in [7, 11) is -3.58. The Morgan fingerprint density at radius 1 is 1.20 bits per heavy atom. The van der Waals surface area contributed by atoms with Crippen LogP contribution in [0.15, 0.2) is 30.3 Å². The van der Waals surface area contributed by atoms with Crippen molar-refractivity contribution in [3.8, 4) is 0 Å². The van der Waals surface area contributed by atoms with Crippen molar-refractivity contribution in [1.82, 2.24) is 5.32 Å². The van der Waals surface area contributed by atoms with Crippen molar-refractivity contribution in [2.45, 2.75) is 40.2 Å². The van der Waals surface area contributed by atoms with Gasteiger partial charge in [0.25, 0.3) is 10.1 Å². The molecule has 0 aliphatic rings. The van der Waals surface area contributed by atoms with Crippen molar-refractivity contribution in [3.63, 3.8) is 0 Å². The van der Waals surface area contributed by atoms with Crippen LogP contribution in [0.3, 0.4) is 0 Å². The lowest BCUT2D eigenvalue weighted by Gasteiger charge is -2.24. The van der Waals surface area contributed by atoms with Gasteiger partial charge in [-0.3, -0.25) is 8.98 Å². The summed E-state index contributed by atoms with van der Waals surface area (Å²) in [5.41, 5.74) is 0.805. The maximum Gasteiger partial charge on any atom is 0.267 e. The highest BCUT2D eigenvalue weighted by atomic mass is 32.2. The third-order valence-corrected chi connectivity index (χ3v) is 4.87. The standard InChI is InChI=1S/C18H29NO5S/c1-16(20)19-11-7-13-25(21,22)24-15-18(2,3)10-12-23-14-17-8-5-4-6-9-17/h4-6,8-9H,7,10-15H2,1-3H3,(H,19,20). The fourth-order valence-corrected chi connectivity index (χ4v) is 3.12. The Bertz CT molecular complexity index is 614. The molecule has 0 saturated heterocycles. The lowest BCUT2D eigenvalue weighted by atomic mass is 9.91. The summed E-state index contributed by atoms with van der Waals surface area (Å²) in [4.78, 5) is 10.7. The van der Waals surface area contributed by atoms with Gasteiger partial charge in [-0.25, -0.2) is 0 Å². The number of ether oxygens (including phenoxy) is 1. The van der Waals surface area contributed by atoms with Gasteiger partial charge >= 0.3 is 0 Å². The molecule has 142 valence electrons. The van der Waals surface area contributed by atoms with Crippen LogP contribution < -0.4 is 5.32 Å². The minimum Gasteiger partial charge on any atom is -0.377 e. The maximum atomic E-state index is 11.9. The summed E-state index contributed by atoms with van der Waals surface area (Å²) in [6.45, 7) is 6.82. The molecule has 1 rings (SSSR count). The number of carbonyl (C=O) groups is 1. The van der Waals surface area contributed by atoms with E-state index >= 15 is 0 Å². The molecule has 7 heteroatoms. The van der Waals surface area contributed by atoms with E-state index in [2.05, 4.69) is 5.32 Å². The molecule has 0 unspecified atom stereocenters. The van der Waals surface area contributed by atoms with Crippen LogP contribution >= 0.6 is 0 Å². The summed E-state index contributed by atoms with van der Waals surface area (Å²) in [5.74, 6) is -0.275. The topological polar surface area (TPSA) is 81.7 Å². The number of benzene rings is 1. The molecule has 1 N–H and O–H groups in total. The minimum atomic E-state index is -3.58. The molecule has 1 amide bonds. The zero-order valence-electron chi connectivity index (χ0n) is 15.3. The van der Waals surface area contributed by atoms with Crippen molar-refractivity contribution in [1.29, 1.82) is 0 Å². The van der Waals surface area contributed by atoms with Gasteiger partial charge in [0.05, 0.1) is 19.0 Å². The molecule has 0 atom stereocenters. The van der Waals surface area contributed by atoms with Gasteiger partial charge in [0.2, 0.25) is 5.91 Å². The average Bonchev–Trinajstić information content (AvgIpc) is 2.55. The number of hydrogen-bond donors (Lipinski definition) is 1. The van der Waals surface area contributed by atoms with Crippen LogP contribution in [0.5, 0.6) is 0 Å². The lowest BCUT2D eigenvalue weighted by Crippen LogP contribution is -2.26. The van der Waals surface area contributed by atoms with Crippen molar-refractivity contribution in [2.75, 3.05) is 25.5 Å². The Labute approximate surface area is 151 Å². The molecule has 0 saturated carbocycles. The van der Waals surface area contributed by atoms with Crippen molar-refractivity contribution in [3.05, 3.63) is 35.9 Å². The van der Waals surface area contributed by atoms with Crippen LogP contribution in [0.2, 0.25) is 0 Å². The first-order valence-electron chi connectivity index (χ1n) is 8.43. The number of carbonyl (C=O) groups excluding carboxylic acids is 1. The van der Waals surface area contributed by atoms with Crippen molar-refractivity contribution in [2.24, 2.45) is 5.41 Å². The van der Waals surface area contributed by atoms with E-state index in [1.807, 2.05) is 44.2 Å². The molecule has 0 aliphatic carbocycles. The van der Waals surface area contributed by atoms with E-state index in [4.69, 9.17) is 8.92 Å². The van der Waals surface area contributed by atoms with Crippen LogP contribution in [-0.2, 0) is 30.4 Å². The summed E-state index contributed by atoms with van der Waals surface area (Å²) in [6, 6.07) is 9.89. The zero-order chi connectivity index (χ0) is 18.8. The molecule has 1 aromatic rings. The van der Waals surface area contributed by atoms with Crippen LogP contribution in [0.4, 0.5) is 0 Å². The van der Waals surface area contributed by atoms with Crippen molar-refractivity contribution < 1.29 is 22.1 Å². The van der Waals surface area contributed by atoms with E-state index in [1.165, 1.54) is 6.92 Å². The number of rotatable bonds is 12. The van der Waals surface area contributed by atoms with Gasteiger partial charge in [0.15, 0.2) is 0 Å². The minimum absolute atomic E-state index is 0.103. The molecule has 1 aromatic carbocycles. The third kappa shape index (κ3) is 10.9. The van der Waals surface area contributed by atoms with E-state index < -0.39 is 10.1 Å². The van der Waals surface area contributed by atoms with Gasteiger partial charge in [-0.15, -0.1) is 0 Å². The van der Waals surface area contributed by atoms with E-state index in [0.29, 0.717) is 32.6 Å². The van der Waals surface area contributed by atoms with Gasteiger partial charge in [-0.05, 0) is 23.8 Å². The van der Waals surface area contributed by atoms with E-state index in [9.17, 15) is 13.2 Å². The first-order valence-corrected chi connectivity index (χ1v) is 10.0. The molecule has 0 fully saturated rings. The van der Waals surface area contributed by atoms with Gasteiger partial charge in [-0.1, -0.05) is 44.2 Å². The molecule has 0 radical (unpaired) electrons. The predicted octanol–water partition coefficient (Wildman–Crippen LogP) is 2.49. The molecule has 0 aromatic heterocycles. The third-order valence-electron chi connectivity index (χ3n) is 3.61. The van der Waals surface area contributed by atoms with Crippen LogP contribution in [0.1, 0.15) is 39.2 Å². The number of hydrogen-bond acceptors (Lipinski definition) is 5. The highest BCUT2D eigenvalue weighted by Gasteiger charge is 2.22. The average molecular weight is 371 g/mol. The fourth-order valence-electron chi connectivity index (χ4n) is 2.01. The van der Waals surface area contributed by atoms with E-state index in [0.717, 1.165) is 5.56 Å². The van der Waals surface area contributed by atoms with Gasteiger partial charge < -0.3 is 10.1 Å². The van der Waals surface area contributed by atoms with Crippen LogP contribution in [-0.4, -0.2) is 39.8 Å². The molecule has 0 spiro atoms. The van der Waals surface area contributed by atoms with E-state index in [1.54, 1.807) is 0 Å². The quantitative estimate of drug-likeness (QED) is 0.451. The molecule has 25 heavy (non-hydrogen) atoms. The Kier molecular flexibility index (Phi) is 9.10. The number of nitrogens with one attached hydrogen (secondary N) is 1. The molecular weight excluding hydrogens is 342 g/mol. The molecule has 0 heterocycles. The number of amides is 1. The van der Waals surface area contributed by atoms with Gasteiger partial charge in [0.1, 0.15) is 0 Å². The Hall–Kier alpha value is -1.44. The smallest absolute Gasteiger partial charge is 0.267 e. The second-order valence-corrected chi connectivity index (χ2v) is 8.57. The summed E-state index contributed by atoms with van der Waals surface area (Å²) < 4.78 is 34.5. The highest BCUT2D eigenvalue weighted by Crippen LogP contribution is 2.22. The van der Waals surface area contributed by atoms with Crippen LogP contribution in [0, 0.1) is 5.41 Å². The molecule has 6 nitrogen and oxygen atoms in total.